The average molecular weight is 574 g/mol. The first-order valence-electron chi connectivity index (χ1n) is 13.3. The highest BCUT2D eigenvalue weighted by Crippen LogP contribution is 2.45. The number of thioether (sulfide) groups is 1. The van der Waals surface area contributed by atoms with Crippen LogP contribution in [0.2, 0.25) is 0 Å². The van der Waals surface area contributed by atoms with Crippen LogP contribution in [-0.2, 0) is 17.1 Å². The van der Waals surface area contributed by atoms with Crippen LogP contribution in [0, 0.1) is 11.6 Å². The summed E-state index contributed by atoms with van der Waals surface area (Å²) in [6.45, 7) is 0.932. The van der Waals surface area contributed by atoms with Crippen molar-refractivity contribution >= 4 is 17.7 Å². The normalized spacial score (nSPS) is 19.5. The second kappa shape index (κ2) is 10.4. The fourth-order valence-electron chi connectivity index (χ4n) is 5.84. The minimum Gasteiger partial charge on any atom is -0.482 e. The van der Waals surface area contributed by atoms with Gasteiger partial charge >= 0.3 is 0 Å². The molecule has 1 aromatic heterocycles. The molecule has 7 rings (SSSR count). The second-order valence-electron chi connectivity index (χ2n) is 10.1. The Morgan fingerprint density at radius 2 is 1.76 bits per heavy atom. The maximum Gasteiger partial charge on any atom is 0.278 e. The van der Waals surface area contributed by atoms with E-state index in [0.717, 1.165) is 22.1 Å². The number of halogens is 2. The number of rotatable bonds is 4. The van der Waals surface area contributed by atoms with Crippen LogP contribution in [0.1, 0.15) is 38.8 Å². The summed E-state index contributed by atoms with van der Waals surface area (Å²) in [6, 6.07) is 20.6. The van der Waals surface area contributed by atoms with E-state index in [4.69, 9.17) is 9.47 Å². The second-order valence-corrected chi connectivity index (χ2v) is 11.1. The molecule has 41 heavy (non-hydrogen) atoms. The van der Waals surface area contributed by atoms with Gasteiger partial charge in [-0.15, -0.1) is 11.8 Å². The van der Waals surface area contributed by atoms with Crippen LogP contribution >= 0.6 is 11.8 Å². The van der Waals surface area contributed by atoms with Gasteiger partial charge in [-0.2, -0.15) is 0 Å². The van der Waals surface area contributed by atoms with Crippen molar-refractivity contribution in [2.45, 2.75) is 29.5 Å². The zero-order chi connectivity index (χ0) is 28.1. The first-order valence-corrected chi connectivity index (χ1v) is 14.3. The van der Waals surface area contributed by atoms with Gasteiger partial charge in [-0.25, -0.2) is 8.78 Å². The summed E-state index contributed by atoms with van der Waals surface area (Å²) in [5, 5.41) is 1.94. The number of hydrogen-bond acceptors (Lipinski definition) is 6. The van der Waals surface area contributed by atoms with Gasteiger partial charge in [-0.3, -0.25) is 19.3 Å². The molecular weight excluding hydrogens is 548 g/mol. The molecule has 7 nitrogen and oxygen atoms in total. The number of benzene rings is 3. The van der Waals surface area contributed by atoms with Gasteiger partial charge in [0.1, 0.15) is 12.8 Å². The van der Waals surface area contributed by atoms with Crippen molar-refractivity contribution in [2.24, 2.45) is 0 Å². The molecule has 4 heterocycles. The summed E-state index contributed by atoms with van der Waals surface area (Å²) in [5.41, 5.74) is 2.23. The number of morpholine rings is 1. The highest BCUT2D eigenvalue weighted by atomic mass is 32.2. The van der Waals surface area contributed by atoms with Crippen LogP contribution in [0.4, 0.5) is 8.78 Å². The number of carbonyl (C=O) groups excluding carboxylic acids is 1. The molecule has 3 aliphatic rings. The van der Waals surface area contributed by atoms with Crippen LogP contribution in [0.25, 0.3) is 0 Å². The molecule has 1 fully saturated rings. The maximum atomic E-state index is 15.3. The number of pyridine rings is 1. The third-order valence-corrected chi connectivity index (χ3v) is 8.87. The van der Waals surface area contributed by atoms with Gasteiger partial charge in [0, 0.05) is 35.0 Å². The molecule has 0 aliphatic carbocycles. The summed E-state index contributed by atoms with van der Waals surface area (Å²) < 4.78 is 43.4. The van der Waals surface area contributed by atoms with Crippen molar-refractivity contribution in [3.05, 3.63) is 129 Å². The zero-order valence-corrected chi connectivity index (χ0v) is 22.7. The predicted octanol–water partition coefficient (Wildman–Crippen LogP) is 4.85. The van der Waals surface area contributed by atoms with E-state index in [2.05, 4.69) is 0 Å². The third-order valence-electron chi connectivity index (χ3n) is 7.76. The van der Waals surface area contributed by atoms with Crippen molar-refractivity contribution in [3.63, 3.8) is 0 Å². The van der Waals surface area contributed by atoms with E-state index in [1.165, 1.54) is 17.8 Å². The molecular formula is C31H25F2N3O4S. The van der Waals surface area contributed by atoms with Crippen LogP contribution in [0.5, 0.6) is 5.75 Å². The minimum absolute atomic E-state index is 0.0573. The Morgan fingerprint density at radius 3 is 2.61 bits per heavy atom. The Balaban J connectivity index is 1.45. The quantitative estimate of drug-likeness (QED) is 0.348. The number of fused-ring (bicyclic) bond motifs is 4. The van der Waals surface area contributed by atoms with Crippen LogP contribution in [0.3, 0.4) is 0 Å². The van der Waals surface area contributed by atoms with E-state index >= 15 is 4.39 Å². The SMILES string of the molecule is O=C1c2c(OCc3ccccc3)c(=O)ccn2N(C2c3ccccc3SCc3c2ccc(F)c3F)C2COCCN12. The number of aromatic nitrogens is 1. The Morgan fingerprint density at radius 1 is 0.951 bits per heavy atom. The van der Waals surface area contributed by atoms with Gasteiger partial charge in [-0.05, 0) is 28.8 Å². The number of ether oxygens (including phenoxy) is 2. The lowest BCUT2D eigenvalue weighted by Crippen LogP contribution is -2.66. The topological polar surface area (TPSA) is 64.0 Å². The summed E-state index contributed by atoms with van der Waals surface area (Å²) in [7, 11) is 0. The molecule has 2 unspecified atom stereocenters. The van der Waals surface area contributed by atoms with Gasteiger partial charge in [-0.1, -0.05) is 54.6 Å². The first kappa shape index (κ1) is 25.8. The van der Waals surface area contributed by atoms with E-state index in [1.54, 1.807) is 21.8 Å². The summed E-state index contributed by atoms with van der Waals surface area (Å²) in [6.07, 6.45) is 0.979. The Labute approximate surface area is 238 Å². The molecule has 3 aliphatic heterocycles. The fourth-order valence-corrected chi connectivity index (χ4v) is 6.95. The molecule has 0 N–H and O–H groups in total. The van der Waals surface area contributed by atoms with Crippen LogP contribution in [0.15, 0.2) is 88.7 Å². The summed E-state index contributed by atoms with van der Waals surface area (Å²) in [5.74, 6) is -1.96. The van der Waals surface area contributed by atoms with E-state index in [9.17, 15) is 14.0 Å². The first-order chi connectivity index (χ1) is 20.0. The van der Waals surface area contributed by atoms with Gasteiger partial charge < -0.3 is 14.4 Å². The molecule has 1 amide bonds. The van der Waals surface area contributed by atoms with Gasteiger partial charge in [0.2, 0.25) is 5.43 Å². The standard InChI is InChI=1S/C31H25F2N3O4S/c32-23-11-10-20-22(27(23)33)18-41-25-9-5-4-8-21(25)28(20)36-26-17-39-15-14-34(26)31(38)29-30(24(37)12-13-35(29)36)40-16-19-6-2-1-3-7-19/h1-13,26,28H,14-18H2. The largest absolute Gasteiger partial charge is 0.482 e. The third kappa shape index (κ3) is 4.29. The van der Waals surface area contributed by atoms with Crippen LogP contribution < -0.4 is 15.2 Å². The van der Waals surface area contributed by atoms with Crippen molar-refractivity contribution in [2.75, 3.05) is 24.8 Å². The Bertz CT molecular complexity index is 1710. The molecule has 3 aromatic carbocycles. The maximum absolute atomic E-state index is 15.3. The molecule has 10 heteroatoms. The monoisotopic (exact) mass is 573 g/mol. The number of nitrogens with zero attached hydrogens (tertiary/aromatic N) is 3. The van der Waals surface area contributed by atoms with Gasteiger partial charge in [0.25, 0.3) is 5.91 Å². The van der Waals surface area contributed by atoms with E-state index < -0.39 is 29.3 Å². The van der Waals surface area contributed by atoms with Crippen molar-refractivity contribution in [1.29, 1.82) is 0 Å². The van der Waals surface area contributed by atoms with Gasteiger partial charge in [0.05, 0.1) is 19.3 Å². The lowest BCUT2D eigenvalue weighted by atomic mass is 9.93. The van der Waals surface area contributed by atoms with E-state index in [1.807, 2.05) is 59.6 Å². The highest BCUT2D eigenvalue weighted by molar-refractivity contribution is 7.98. The van der Waals surface area contributed by atoms with Crippen LogP contribution in [-0.4, -0.2) is 41.4 Å². The molecule has 1 saturated heterocycles. The molecule has 0 saturated carbocycles. The zero-order valence-electron chi connectivity index (χ0n) is 21.8. The molecule has 208 valence electrons. The molecule has 4 aromatic rings. The predicted molar refractivity (Wildman–Crippen MR) is 150 cm³/mol. The lowest BCUT2D eigenvalue weighted by molar-refractivity contribution is -0.0199. The highest BCUT2D eigenvalue weighted by Gasteiger charge is 2.46. The van der Waals surface area contributed by atoms with Gasteiger partial charge in [0.15, 0.2) is 23.1 Å². The molecule has 0 spiro atoms. The number of carbonyl (C=O) groups is 1. The van der Waals surface area contributed by atoms with E-state index in [-0.39, 0.29) is 41.9 Å². The number of amides is 1. The molecule has 0 bridgehead atoms. The summed E-state index contributed by atoms with van der Waals surface area (Å²) >= 11 is 1.44. The smallest absolute Gasteiger partial charge is 0.278 e. The molecule has 0 radical (unpaired) electrons. The van der Waals surface area contributed by atoms with Crippen molar-refractivity contribution < 1.29 is 23.0 Å². The van der Waals surface area contributed by atoms with E-state index in [0.29, 0.717) is 18.7 Å². The Kier molecular flexibility index (Phi) is 6.51. The molecule has 2 atom stereocenters. The lowest BCUT2D eigenvalue weighted by Gasteiger charge is -2.51. The number of hydrogen-bond donors (Lipinski definition) is 0. The average Bonchev–Trinajstić information content (AvgIpc) is 3.17. The Hall–Kier alpha value is -4.15. The van der Waals surface area contributed by atoms with Crippen molar-refractivity contribution in [3.8, 4) is 5.75 Å². The van der Waals surface area contributed by atoms with Crippen molar-refractivity contribution in [1.82, 2.24) is 9.58 Å². The minimum atomic E-state index is -0.911. The summed E-state index contributed by atoms with van der Waals surface area (Å²) in [4.78, 5) is 29.8. The fraction of sp³-hybridized carbons (Fsp3) is 0.226.